The van der Waals surface area contributed by atoms with E-state index in [-0.39, 0.29) is 4.90 Å². The minimum atomic E-state index is -3.60. The predicted octanol–water partition coefficient (Wildman–Crippen LogP) is 5.63. The average molecular weight is 389 g/mol. The van der Waals surface area contributed by atoms with Gasteiger partial charge in [0.1, 0.15) is 0 Å². The molecule has 0 heterocycles. The average Bonchev–Trinajstić information content (AvgIpc) is 3.02. The van der Waals surface area contributed by atoms with Crippen LogP contribution in [-0.2, 0) is 10.0 Å². The van der Waals surface area contributed by atoms with Gasteiger partial charge in [0, 0.05) is 0 Å². The zero-order valence-electron chi connectivity index (χ0n) is 16.5. The summed E-state index contributed by atoms with van der Waals surface area (Å²) in [5, 5.41) is 4.37. The van der Waals surface area contributed by atoms with Crippen molar-refractivity contribution in [1.82, 2.24) is 4.83 Å². The van der Waals surface area contributed by atoms with Crippen LogP contribution in [0.3, 0.4) is 0 Å². The molecule has 1 N–H and O–H groups in total. The molecule has 27 heavy (non-hydrogen) atoms. The largest absolute Gasteiger partial charge is 0.276 e. The third-order valence-electron chi connectivity index (χ3n) is 5.73. The number of sulfonamides is 1. The van der Waals surface area contributed by atoms with Crippen LogP contribution in [0.25, 0.3) is 0 Å². The van der Waals surface area contributed by atoms with E-state index in [2.05, 4.69) is 9.93 Å². The van der Waals surface area contributed by atoms with Crippen LogP contribution in [-0.4, -0.2) is 14.1 Å². The first-order valence-electron chi connectivity index (χ1n) is 10.4. The number of hydrazone groups is 1. The summed E-state index contributed by atoms with van der Waals surface area (Å²) in [7, 11) is -3.60. The maximum atomic E-state index is 12.5. The van der Waals surface area contributed by atoms with Gasteiger partial charge in [-0.05, 0) is 63.2 Å². The zero-order valence-corrected chi connectivity index (χ0v) is 17.3. The smallest absolute Gasteiger partial charge is 0.200 e. The summed E-state index contributed by atoms with van der Waals surface area (Å²) in [6.45, 7) is 1.94. The highest BCUT2D eigenvalue weighted by Crippen LogP contribution is 2.32. The number of hydrogen-bond acceptors (Lipinski definition) is 3. The van der Waals surface area contributed by atoms with Crippen LogP contribution >= 0.6 is 0 Å². The summed E-state index contributed by atoms with van der Waals surface area (Å²) in [4.78, 5) is 2.75. The normalized spacial score (nSPS) is 21.4. The lowest BCUT2D eigenvalue weighted by molar-refractivity contribution is 0.559. The highest BCUT2D eigenvalue weighted by molar-refractivity contribution is 7.89. The second-order valence-corrected chi connectivity index (χ2v) is 9.54. The number of rotatable bonds is 3. The minimum Gasteiger partial charge on any atom is -0.200 e. The summed E-state index contributed by atoms with van der Waals surface area (Å²) in [6.07, 6.45) is 14.5. The third kappa shape index (κ3) is 5.68. The third-order valence-corrected chi connectivity index (χ3v) is 6.95. The fourth-order valence-corrected chi connectivity index (χ4v) is 4.91. The molecule has 4 nitrogen and oxygen atoms in total. The van der Waals surface area contributed by atoms with Crippen molar-refractivity contribution >= 4 is 15.7 Å². The molecule has 0 atom stereocenters. The lowest BCUT2D eigenvalue weighted by Crippen LogP contribution is -2.20. The predicted molar refractivity (Wildman–Crippen MR) is 111 cm³/mol. The molecule has 2 aliphatic carbocycles. The first kappa shape index (κ1) is 20.1. The molecule has 0 spiro atoms. The van der Waals surface area contributed by atoms with Crippen molar-refractivity contribution in [3.63, 3.8) is 0 Å². The van der Waals surface area contributed by atoms with Crippen molar-refractivity contribution < 1.29 is 8.42 Å². The maximum absolute atomic E-state index is 12.5. The lowest BCUT2D eigenvalue weighted by atomic mass is 9.96. The lowest BCUT2D eigenvalue weighted by Gasteiger charge is -2.11. The molecule has 0 aliphatic heterocycles. The minimum absolute atomic E-state index is 0.267. The Hall–Kier alpha value is -1.62. The molecular weight excluding hydrogens is 356 g/mol. The van der Waals surface area contributed by atoms with Gasteiger partial charge >= 0.3 is 0 Å². The van der Waals surface area contributed by atoms with Gasteiger partial charge in [0.15, 0.2) is 0 Å². The molecule has 148 valence electrons. The molecule has 0 fully saturated rings. The summed E-state index contributed by atoms with van der Waals surface area (Å²) in [6, 6.07) is 6.88. The highest BCUT2D eigenvalue weighted by atomic mass is 32.2. The number of nitrogens with one attached hydrogen (secondary N) is 1. The second kappa shape index (κ2) is 9.54. The Morgan fingerprint density at radius 3 is 2.04 bits per heavy atom. The highest BCUT2D eigenvalue weighted by Gasteiger charge is 2.22. The van der Waals surface area contributed by atoms with Gasteiger partial charge in [-0.1, -0.05) is 61.8 Å². The first-order valence-corrected chi connectivity index (χ1v) is 11.9. The molecule has 0 unspecified atom stereocenters. The van der Waals surface area contributed by atoms with Crippen LogP contribution in [0.1, 0.15) is 82.6 Å². The Morgan fingerprint density at radius 1 is 0.778 bits per heavy atom. The number of allylic oxidation sites excluding steroid dienone is 2. The van der Waals surface area contributed by atoms with Gasteiger partial charge in [0.05, 0.1) is 10.6 Å². The molecule has 0 bridgehead atoms. The van der Waals surface area contributed by atoms with E-state index in [0.717, 1.165) is 37.0 Å². The van der Waals surface area contributed by atoms with E-state index in [1.165, 1.54) is 62.5 Å². The van der Waals surface area contributed by atoms with E-state index in [9.17, 15) is 8.42 Å². The van der Waals surface area contributed by atoms with E-state index in [1.807, 2.05) is 19.1 Å². The number of aryl methyl sites for hydroxylation is 1. The molecule has 1 aromatic carbocycles. The molecule has 0 radical (unpaired) electrons. The van der Waals surface area contributed by atoms with E-state index in [4.69, 9.17) is 0 Å². The Morgan fingerprint density at radius 2 is 1.37 bits per heavy atom. The van der Waals surface area contributed by atoms with Gasteiger partial charge in [-0.2, -0.15) is 18.4 Å². The van der Waals surface area contributed by atoms with Crippen LogP contribution in [0.4, 0.5) is 0 Å². The Kier molecular flexibility index (Phi) is 7.11. The molecule has 2 aliphatic rings. The molecule has 5 heteroatoms. The Balaban J connectivity index is 1.73. The van der Waals surface area contributed by atoms with Crippen molar-refractivity contribution in [2.24, 2.45) is 5.10 Å². The summed E-state index contributed by atoms with van der Waals surface area (Å²) in [5.41, 5.74) is 4.85. The van der Waals surface area contributed by atoms with Gasteiger partial charge in [0.2, 0.25) is 0 Å². The topological polar surface area (TPSA) is 58.5 Å². The molecule has 0 saturated carbocycles. The molecular formula is C22H32N2O2S. The number of hydrogen-bond donors (Lipinski definition) is 1. The summed E-state index contributed by atoms with van der Waals surface area (Å²) in [5.74, 6) is 0. The number of benzene rings is 1. The van der Waals surface area contributed by atoms with Crippen LogP contribution < -0.4 is 4.83 Å². The Bertz CT molecular complexity index is 792. The maximum Gasteiger partial charge on any atom is 0.276 e. The SMILES string of the molecule is Cc1ccc(S(=O)(=O)N/N=C2\CCC3=C2CCCCCCCCCC3)cc1. The van der Waals surface area contributed by atoms with Crippen molar-refractivity contribution in [2.45, 2.75) is 88.9 Å². The first-order chi connectivity index (χ1) is 13.1. The van der Waals surface area contributed by atoms with Crippen molar-refractivity contribution in [3.8, 4) is 0 Å². The van der Waals surface area contributed by atoms with Crippen molar-refractivity contribution in [1.29, 1.82) is 0 Å². The fraction of sp³-hybridized carbons (Fsp3) is 0.591. The van der Waals surface area contributed by atoms with Crippen LogP contribution in [0.2, 0.25) is 0 Å². The van der Waals surface area contributed by atoms with Crippen molar-refractivity contribution in [3.05, 3.63) is 41.0 Å². The van der Waals surface area contributed by atoms with E-state index in [0.29, 0.717) is 0 Å². The summed E-state index contributed by atoms with van der Waals surface area (Å²) < 4.78 is 25.1. The summed E-state index contributed by atoms with van der Waals surface area (Å²) >= 11 is 0. The molecule has 1 aromatic rings. The van der Waals surface area contributed by atoms with Gasteiger partial charge in [-0.15, -0.1) is 0 Å². The quantitative estimate of drug-likeness (QED) is 0.682. The van der Waals surface area contributed by atoms with Gasteiger partial charge in [-0.3, -0.25) is 0 Å². The van der Waals surface area contributed by atoms with E-state index in [1.54, 1.807) is 12.1 Å². The van der Waals surface area contributed by atoms with Gasteiger partial charge in [-0.25, -0.2) is 0 Å². The van der Waals surface area contributed by atoms with Crippen LogP contribution in [0.5, 0.6) is 0 Å². The molecule has 0 amide bonds. The van der Waals surface area contributed by atoms with E-state index >= 15 is 0 Å². The molecule has 0 aromatic heterocycles. The monoisotopic (exact) mass is 388 g/mol. The van der Waals surface area contributed by atoms with Crippen LogP contribution in [0.15, 0.2) is 45.4 Å². The molecule has 3 rings (SSSR count). The van der Waals surface area contributed by atoms with Gasteiger partial charge in [0.25, 0.3) is 10.0 Å². The fourth-order valence-electron chi connectivity index (χ4n) is 4.08. The zero-order chi connectivity index (χ0) is 19.1. The second-order valence-electron chi connectivity index (χ2n) is 7.88. The van der Waals surface area contributed by atoms with Gasteiger partial charge < -0.3 is 0 Å². The number of nitrogens with zero attached hydrogens (tertiary/aromatic N) is 1. The van der Waals surface area contributed by atoms with Crippen molar-refractivity contribution in [2.75, 3.05) is 0 Å². The molecule has 0 saturated heterocycles. The standard InChI is InChI=1S/C22H32N2O2S/c1-18-12-15-20(16-13-18)27(25,26)24-23-22-17-14-19-10-8-6-4-2-3-5-7-9-11-21(19)22/h12-13,15-16,24H,2-11,14,17H2,1H3/b23-22+. The van der Waals surface area contributed by atoms with Crippen LogP contribution in [0, 0.1) is 6.92 Å². The Labute approximate surface area is 164 Å². The van der Waals surface area contributed by atoms with E-state index < -0.39 is 10.0 Å².